The van der Waals surface area contributed by atoms with Crippen LogP contribution in [0.3, 0.4) is 0 Å². The number of carboxylic acid groups (broad SMARTS) is 1. The van der Waals surface area contributed by atoms with E-state index in [-0.39, 0.29) is 16.9 Å². The summed E-state index contributed by atoms with van der Waals surface area (Å²) in [6.45, 7) is 3.27. The van der Waals surface area contributed by atoms with Crippen LogP contribution in [0.5, 0.6) is 0 Å². The lowest BCUT2D eigenvalue weighted by molar-refractivity contribution is -0.384. The summed E-state index contributed by atoms with van der Waals surface area (Å²) in [5, 5.41) is 22.4. The van der Waals surface area contributed by atoms with Crippen LogP contribution in [0.4, 0.5) is 11.4 Å². The molecule has 1 rings (SSSR count). The second-order valence-corrected chi connectivity index (χ2v) is 3.42. The Labute approximate surface area is 104 Å². The summed E-state index contributed by atoms with van der Waals surface area (Å²) < 4.78 is 5.09. The zero-order chi connectivity index (χ0) is 13.5. The van der Waals surface area contributed by atoms with Gasteiger partial charge in [-0.25, -0.2) is 4.79 Å². The Morgan fingerprint density at radius 1 is 1.56 bits per heavy atom. The van der Waals surface area contributed by atoms with Crippen LogP contribution in [0.15, 0.2) is 18.2 Å². The van der Waals surface area contributed by atoms with E-state index in [1.54, 1.807) is 0 Å². The predicted molar refractivity (Wildman–Crippen MR) is 65.0 cm³/mol. The number of hydrogen-bond acceptors (Lipinski definition) is 5. The molecule has 0 amide bonds. The van der Waals surface area contributed by atoms with Crippen LogP contribution < -0.4 is 5.32 Å². The number of nitrogens with one attached hydrogen (secondary N) is 1. The SMILES string of the molecule is CCOCCNc1ccc(C(=O)O)cc1[N+](=O)[O-]. The molecule has 0 spiro atoms. The van der Waals surface area contributed by atoms with Crippen molar-refractivity contribution in [2.75, 3.05) is 25.1 Å². The van der Waals surface area contributed by atoms with Gasteiger partial charge in [-0.05, 0) is 19.1 Å². The second-order valence-electron chi connectivity index (χ2n) is 3.42. The molecular weight excluding hydrogens is 240 g/mol. The Morgan fingerprint density at radius 3 is 2.83 bits per heavy atom. The molecule has 0 saturated heterocycles. The fourth-order valence-corrected chi connectivity index (χ4v) is 1.37. The maximum absolute atomic E-state index is 10.8. The molecule has 0 aromatic heterocycles. The van der Waals surface area contributed by atoms with E-state index in [2.05, 4.69) is 5.32 Å². The summed E-state index contributed by atoms with van der Waals surface area (Å²) in [5.41, 5.74) is -0.0897. The lowest BCUT2D eigenvalue weighted by Crippen LogP contribution is -2.11. The average Bonchev–Trinajstić information content (AvgIpc) is 2.34. The summed E-state index contributed by atoms with van der Waals surface area (Å²) >= 11 is 0. The molecule has 98 valence electrons. The lowest BCUT2D eigenvalue weighted by Gasteiger charge is -2.07. The van der Waals surface area contributed by atoms with Gasteiger partial charge in [0.2, 0.25) is 0 Å². The molecule has 7 heteroatoms. The van der Waals surface area contributed by atoms with Gasteiger partial charge in [-0.2, -0.15) is 0 Å². The van der Waals surface area contributed by atoms with Crippen LogP contribution in [-0.4, -0.2) is 35.8 Å². The zero-order valence-electron chi connectivity index (χ0n) is 9.88. The molecule has 0 fully saturated rings. The number of nitro groups is 1. The predicted octanol–water partition coefficient (Wildman–Crippen LogP) is 1.74. The highest BCUT2D eigenvalue weighted by Gasteiger charge is 2.16. The van der Waals surface area contributed by atoms with E-state index in [9.17, 15) is 14.9 Å². The quantitative estimate of drug-likeness (QED) is 0.436. The Bertz CT molecular complexity index is 447. The van der Waals surface area contributed by atoms with E-state index in [4.69, 9.17) is 9.84 Å². The normalized spacial score (nSPS) is 10.1. The first-order chi connectivity index (χ1) is 8.56. The highest BCUT2D eigenvalue weighted by atomic mass is 16.6. The molecule has 1 aromatic rings. The number of hydrogen-bond donors (Lipinski definition) is 2. The van der Waals surface area contributed by atoms with Crippen molar-refractivity contribution in [2.24, 2.45) is 0 Å². The molecule has 2 N–H and O–H groups in total. The van der Waals surface area contributed by atoms with E-state index in [1.807, 2.05) is 6.92 Å². The molecule has 0 saturated carbocycles. The molecule has 0 aliphatic heterocycles. The number of carbonyl (C=O) groups is 1. The number of carboxylic acids is 1. The van der Waals surface area contributed by atoms with Gasteiger partial charge >= 0.3 is 5.97 Å². The summed E-state index contributed by atoms with van der Waals surface area (Å²) in [6, 6.07) is 3.73. The summed E-state index contributed by atoms with van der Waals surface area (Å²) in [6.07, 6.45) is 0. The molecule has 7 nitrogen and oxygen atoms in total. The van der Waals surface area contributed by atoms with Crippen LogP contribution in [-0.2, 0) is 4.74 Å². The topological polar surface area (TPSA) is 102 Å². The van der Waals surface area contributed by atoms with Crippen molar-refractivity contribution in [3.63, 3.8) is 0 Å². The van der Waals surface area contributed by atoms with Crippen molar-refractivity contribution >= 4 is 17.3 Å². The minimum Gasteiger partial charge on any atom is -0.478 e. The molecule has 1 aromatic carbocycles. The number of ether oxygens (including phenoxy) is 1. The van der Waals surface area contributed by atoms with Gasteiger partial charge in [0.25, 0.3) is 5.69 Å². The van der Waals surface area contributed by atoms with Gasteiger partial charge in [-0.15, -0.1) is 0 Å². The Kier molecular flexibility index (Phi) is 5.06. The van der Waals surface area contributed by atoms with Gasteiger partial charge in [-0.1, -0.05) is 0 Å². The molecule has 0 aliphatic rings. The molecule has 0 aliphatic carbocycles. The number of anilines is 1. The van der Waals surface area contributed by atoms with Crippen molar-refractivity contribution < 1.29 is 19.6 Å². The van der Waals surface area contributed by atoms with Crippen LogP contribution in [0.1, 0.15) is 17.3 Å². The number of rotatable bonds is 7. The minimum atomic E-state index is -1.20. The molecule has 0 heterocycles. The van der Waals surface area contributed by atoms with E-state index >= 15 is 0 Å². The van der Waals surface area contributed by atoms with Crippen molar-refractivity contribution in [3.05, 3.63) is 33.9 Å². The molecule has 0 bridgehead atoms. The highest BCUT2D eigenvalue weighted by Crippen LogP contribution is 2.25. The van der Waals surface area contributed by atoms with Gasteiger partial charge in [0, 0.05) is 19.2 Å². The third-order valence-corrected chi connectivity index (χ3v) is 2.21. The summed E-state index contributed by atoms with van der Waals surface area (Å²) in [5.74, 6) is -1.20. The van der Waals surface area contributed by atoms with Gasteiger partial charge in [0.05, 0.1) is 17.1 Å². The molecule has 0 unspecified atom stereocenters. The minimum absolute atomic E-state index is 0.114. The third-order valence-electron chi connectivity index (χ3n) is 2.21. The van der Waals surface area contributed by atoms with E-state index in [0.29, 0.717) is 19.8 Å². The fourth-order valence-electron chi connectivity index (χ4n) is 1.37. The zero-order valence-corrected chi connectivity index (χ0v) is 9.88. The maximum Gasteiger partial charge on any atom is 0.335 e. The van der Waals surface area contributed by atoms with E-state index < -0.39 is 10.9 Å². The number of aromatic carboxylic acids is 1. The van der Waals surface area contributed by atoms with Crippen molar-refractivity contribution in [2.45, 2.75) is 6.92 Å². The molecule has 18 heavy (non-hydrogen) atoms. The van der Waals surface area contributed by atoms with Crippen molar-refractivity contribution in [3.8, 4) is 0 Å². The maximum atomic E-state index is 10.8. The van der Waals surface area contributed by atoms with E-state index in [1.165, 1.54) is 12.1 Å². The average molecular weight is 254 g/mol. The Morgan fingerprint density at radius 2 is 2.28 bits per heavy atom. The standard InChI is InChI=1S/C11H14N2O5/c1-2-18-6-5-12-9-4-3-8(11(14)15)7-10(9)13(16)17/h3-4,7,12H,2,5-6H2,1H3,(H,14,15). The smallest absolute Gasteiger partial charge is 0.335 e. The van der Waals surface area contributed by atoms with Crippen molar-refractivity contribution in [1.29, 1.82) is 0 Å². The summed E-state index contributed by atoms with van der Waals surface area (Å²) in [7, 11) is 0. The first-order valence-corrected chi connectivity index (χ1v) is 5.39. The van der Waals surface area contributed by atoms with Crippen LogP contribution in [0.25, 0.3) is 0 Å². The number of nitro benzene ring substituents is 1. The van der Waals surface area contributed by atoms with Crippen LogP contribution in [0, 0.1) is 10.1 Å². The second kappa shape index (κ2) is 6.55. The molecular formula is C11H14N2O5. The first-order valence-electron chi connectivity index (χ1n) is 5.39. The third kappa shape index (κ3) is 3.70. The van der Waals surface area contributed by atoms with E-state index in [0.717, 1.165) is 6.07 Å². The monoisotopic (exact) mass is 254 g/mol. The van der Waals surface area contributed by atoms with Crippen LogP contribution in [0.2, 0.25) is 0 Å². The van der Waals surface area contributed by atoms with Gasteiger partial charge in [0.1, 0.15) is 5.69 Å². The van der Waals surface area contributed by atoms with Gasteiger partial charge in [-0.3, -0.25) is 10.1 Å². The molecule has 0 radical (unpaired) electrons. The Hall–Kier alpha value is -2.15. The summed E-state index contributed by atoms with van der Waals surface area (Å²) in [4.78, 5) is 20.9. The fraction of sp³-hybridized carbons (Fsp3) is 0.364. The highest BCUT2D eigenvalue weighted by molar-refractivity contribution is 5.89. The Balaban J connectivity index is 2.83. The van der Waals surface area contributed by atoms with Crippen molar-refractivity contribution in [1.82, 2.24) is 0 Å². The largest absolute Gasteiger partial charge is 0.478 e. The lowest BCUT2D eigenvalue weighted by atomic mass is 10.1. The number of benzene rings is 1. The number of nitrogens with zero attached hydrogens (tertiary/aromatic N) is 1. The molecule has 0 atom stereocenters. The van der Waals surface area contributed by atoms with Crippen LogP contribution >= 0.6 is 0 Å². The van der Waals surface area contributed by atoms with Gasteiger partial charge in [0.15, 0.2) is 0 Å². The first kappa shape index (κ1) is 13.9. The van der Waals surface area contributed by atoms with Gasteiger partial charge < -0.3 is 15.2 Å².